The minimum absolute atomic E-state index is 0.338. The van der Waals surface area contributed by atoms with E-state index in [1.165, 1.54) is 11.0 Å². The van der Waals surface area contributed by atoms with Gasteiger partial charge in [0.1, 0.15) is 6.54 Å². The summed E-state index contributed by atoms with van der Waals surface area (Å²) in [6.07, 6.45) is 0. The quantitative estimate of drug-likeness (QED) is 0.918. The third kappa shape index (κ3) is 3.74. The molecule has 0 heterocycles. The largest absolute Gasteiger partial charge is 0.480 e. The van der Waals surface area contributed by atoms with Crippen LogP contribution in [0.1, 0.15) is 31.1 Å². The molecule has 1 aromatic rings. The lowest BCUT2D eigenvalue weighted by Gasteiger charge is -2.34. The van der Waals surface area contributed by atoms with Gasteiger partial charge in [0.25, 0.3) is 5.91 Å². The fraction of sp³-hybridized carbons (Fsp3) is 0.385. The maximum absolute atomic E-state index is 12.3. The van der Waals surface area contributed by atoms with Crippen molar-refractivity contribution in [3.05, 3.63) is 34.9 Å². The van der Waals surface area contributed by atoms with Gasteiger partial charge in [-0.2, -0.15) is 0 Å². The molecule has 0 fully saturated rings. The third-order valence-corrected chi connectivity index (χ3v) is 2.65. The van der Waals surface area contributed by atoms with E-state index in [-0.39, 0.29) is 12.5 Å². The molecule has 0 aromatic heterocycles. The zero-order valence-corrected chi connectivity index (χ0v) is 11.4. The van der Waals surface area contributed by atoms with E-state index in [0.29, 0.717) is 10.6 Å². The second-order valence-electron chi connectivity index (χ2n) is 4.97. The van der Waals surface area contributed by atoms with Gasteiger partial charge in [0.2, 0.25) is 0 Å². The van der Waals surface area contributed by atoms with Gasteiger partial charge in [0.15, 0.2) is 0 Å². The highest BCUT2D eigenvalue weighted by atomic mass is 35.5. The molecule has 0 aliphatic carbocycles. The number of carbonyl (C=O) groups excluding carboxylic acids is 1. The number of carboxylic acid groups (broad SMARTS) is 1. The van der Waals surface area contributed by atoms with Crippen LogP contribution < -0.4 is 0 Å². The van der Waals surface area contributed by atoms with E-state index in [1.54, 1.807) is 39.0 Å². The van der Waals surface area contributed by atoms with Gasteiger partial charge in [0, 0.05) is 16.1 Å². The van der Waals surface area contributed by atoms with Crippen LogP contribution in [0.25, 0.3) is 0 Å². The van der Waals surface area contributed by atoms with Crippen molar-refractivity contribution in [2.24, 2.45) is 0 Å². The first kappa shape index (κ1) is 14.5. The number of hydrogen-bond donors (Lipinski definition) is 1. The zero-order valence-electron chi connectivity index (χ0n) is 10.6. The Morgan fingerprint density at radius 2 is 1.94 bits per heavy atom. The predicted molar refractivity (Wildman–Crippen MR) is 69.9 cm³/mol. The molecule has 18 heavy (non-hydrogen) atoms. The molecule has 1 rings (SSSR count). The number of benzene rings is 1. The maximum atomic E-state index is 12.3. The predicted octanol–water partition coefficient (Wildman–Crippen LogP) is 2.67. The minimum Gasteiger partial charge on any atom is -0.480 e. The molecule has 1 aromatic carbocycles. The van der Waals surface area contributed by atoms with E-state index in [2.05, 4.69) is 0 Å². The second-order valence-corrected chi connectivity index (χ2v) is 5.40. The molecule has 98 valence electrons. The van der Waals surface area contributed by atoms with Crippen molar-refractivity contribution in [2.45, 2.75) is 26.3 Å². The van der Waals surface area contributed by atoms with Crippen LogP contribution in [-0.2, 0) is 4.79 Å². The van der Waals surface area contributed by atoms with E-state index in [1.807, 2.05) is 0 Å². The fourth-order valence-electron chi connectivity index (χ4n) is 1.53. The molecule has 0 saturated heterocycles. The summed E-state index contributed by atoms with van der Waals surface area (Å²) in [4.78, 5) is 24.4. The van der Waals surface area contributed by atoms with Crippen molar-refractivity contribution in [3.8, 4) is 0 Å². The van der Waals surface area contributed by atoms with Crippen molar-refractivity contribution in [1.29, 1.82) is 0 Å². The minimum atomic E-state index is -1.04. The molecular weight excluding hydrogens is 254 g/mol. The standard InChI is InChI=1S/C13H16ClNO3/c1-13(2,3)15(8-11(16)17)12(18)9-5-4-6-10(14)7-9/h4-7H,8H2,1-3H3,(H,16,17). The summed E-state index contributed by atoms with van der Waals surface area (Å²) in [5.74, 6) is -1.38. The van der Waals surface area contributed by atoms with Crippen LogP contribution in [0.4, 0.5) is 0 Å². The Morgan fingerprint density at radius 3 is 2.39 bits per heavy atom. The van der Waals surface area contributed by atoms with E-state index < -0.39 is 11.5 Å². The van der Waals surface area contributed by atoms with Gasteiger partial charge in [-0.3, -0.25) is 9.59 Å². The van der Waals surface area contributed by atoms with E-state index >= 15 is 0 Å². The van der Waals surface area contributed by atoms with Gasteiger partial charge in [-0.1, -0.05) is 17.7 Å². The van der Waals surface area contributed by atoms with Crippen LogP contribution in [0.2, 0.25) is 5.02 Å². The fourth-order valence-corrected chi connectivity index (χ4v) is 1.72. The average molecular weight is 270 g/mol. The smallest absolute Gasteiger partial charge is 0.323 e. The van der Waals surface area contributed by atoms with Crippen molar-refractivity contribution in [1.82, 2.24) is 4.90 Å². The third-order valence-electron chi connectivity index (χ3n) is 2.42. The van der Waals surface area contributed by atoms with Gasteiger partial charge in [-0.25, -0.2) is 0 Å². The number of nitrogens with zero attached hydrogens (tertiary/aromatic N) is 1. The number of rotatable bonds is 3. The molecule has 0 unspecified atom stereocenters. The molecule has 0 bridgehead atoms. The first-order valence-electron chi connectivity index (χ1n) is 5.51. The molecule has 4 nitrogen and oxygen atoms in total. The lowest BCUT2D eigenvalue weighted by molar-refractivity contribution is -0.138. The van der Waals surface area contributed by atoms with Gasteiger partial charge in [-0.05, 0) is 39.0 Å². The van der Waals surface area contributed by atoms with E-state index in [0.717, 1.165) is 0 Å². The Balaban J connectivity index is 3.06. The summed E-state index contributed by atoms with van der Waals surface area (Å²) in [5.41, 5.74) is -0.184. The Kier molecular flexibility index (Phi) is 4.35. The van der Waals surface area contributed by atoms with Crippen LogP contribution in [-0.4, -0.2) is 34.0 Å². The SMILES string of the molecule is CC(C)(C)N(CC(=O)O)C(=O)c1cccc(Cl)c1. The number of carbonyl (C=O) groups is 2. The molecular formula is C13H16ClNO3. The van der Waals surface area contributed by atoms with E-state index in [4.69, 9.17) is 16.7 Å². The summed E-state index contributed by atoms with van der Waals surface area (Å²) in [5, 5.41) is 9.33. The molecule has 5 heteroatoms. The van der Waals surface area contributed by atoms with Gasteiger partial charge < -0.3 is 10.0 Å². The highest BCUT2D eigenvalue weighted by Gasteiger charge is 2.29. The Morgan fingerprint density at radius 1 is 1.33 bits per heavy atom. The zero-order chi connectivity index (χ0) is 13.9. The number of hydrogen-bond acceptors (Lipinski definition) is 2. The molecule has 1 amide bonds. The number of amides is 1. The second kappa shape index (κ2) is 5.40. The molecule has 1 N–H and O–H groups in total. The maximum Gasteiger partial charge on any atom is 0.323 e. The molecule has 0 aliphatic rings. The van der Waals surface area contributed by atoms with Crippen LogP contribution in [0.3, 0.4) is 0 Å². The molecule has 0 aliphatic heterocycles. The summed E-state index contributed by atoms with van der Waals surface area (Å²) in [7, 11) is 0. The van der Waals surface area contributed by atoms with Crippen molar-refractivity contribution < 1.29 is 14.7 Å². The van der Waals surface area contributed by atoms with Crippen LogP contribution in [0.5, 0.6) is 0 Å². The van der Waals surface area contributed by atoms with Gasteiger partial charge in [0.05, 0.1) is 0 Å². The highest BCUT2D eigenvalue weighted by Crippen LogP contribution is 2.19. The van der Waals surface area contributed by atoms with E-state index in [9.17, 15) is 9.59 Å². The normalized spacial score (nSPS) is 11.1. The van der Waals surface area contributed by atoms with Crippen LogP contribution >= 0.6 is 11.6 Å². The Labute approximate surface area is 111 Å². The first-order valence-corrected chi connectivity index (χ1v) is 5.89. The molecule has 0 atom stereocenters. The summed E-state index contributed by atoms with van der Waals surface area (Å²) in [6, 6.07) is 6.48. The average Bonchev–Trinajstić information content (AvgIpc) is 2.23. The summed E-state index contributed by atoms with van der Waals surface area (Å²) in [6.45, 7) is 5.03. The van der Waals surface area contributed by atoms with Crippen molar-refractivity contribution in [3.63, 3.8) is 0 Å². The van der Waals surface area contributed by atoms with Crippen LogP contribution in [0, 0.1) is 0 Å². The lowest BCUT2D eigenvalue weighted by Crippen LogP contribution is -2.48. The van der Waals surface area contributed by atoms with Crippen LogP contribution in [0.15, 0.2) is 24.3 Å². The first-order chi connectivity index (χ1) is 8.21. The van der Waals surface area contributed by atoms with Gasteiger partial charge >= 0.3 is 5.97 Å². The number of aliphatic carboxylic acids is 1. The summed E-state index contributed by atoms with van der Waals surface area (Å²) < 4.78 is 0. The Hall–Kier alpha value is -1.55. The Bertz CT molecular complexity index is 466. The van der Waals surface area contributed by atoms with Crippen molar-refractivity contribution in [2.75, 3.05) is 6.54 Å². The molecule has 0 spiro atoms. The lowest BCUT2D eigenvalue weighted by atomic mass is 10.0. The summed E-state index contributed by atoms with van der Waals surface area (Å²) >= 11 is 5.83. The number of carboxylic acids is 1. The van der Waals surface area contributed by atoms with Gasteiger partial charge in [-0.15, -0.1) is 0 Å². The molecule has 0 saturated carbocycles. The monoisotopic (exact) mass is 269 g/mol. The topological polar surface area (TPSA) is 57.6 Å². The number of halogens is 1. The molecule has 0 radical (unpaired) electrons. The van der Waals surface area contributed by atoms with Crippen molar-refractivity contribution >= 4 is 23.5 Å². The highest BCUT2D eigenvalue weighted by molar-refractivity contribution is 6.30.